The molecule has 0 saturated carbocycles. The summed E-state index contributed by atoms with van der Waals surface area (Å²) in [6.45, 7) is 1.64. The molecule has 0 radical (unpaired) electrons. The minimum absolute atomic E-state index is 0.589. The third-order valence-electron chi connectivity index (χ3n) is 4.26. The van der Waals surface area contributed by atoms with Crippen LogP contribution in [0.15, 0.2) is 71.7 Å². The van der Waals surface area contributed by atoms with Crippen LogP contribution >= 0.6 is 0 Å². The fourth-order valence-corrected chi connectivity index (χ4v) is 2.87. The van der Waals surface area contributed by atoms with E-state index in [1.54, 1.807) is 6.20 Å². The number of aryl methyl sites for hydroxylation is 1. The molecule has 0 aliphatic rings. The lowest BCUT2D eigenvalue weighted by atomic mass is 10.2. The number of imidazole rings is 1. The molecule has 4 rings (SSSR count). The first kappa shape index (κ1) is 17.1. The van der Waals surface area contributed by atoms with Crippen LogP contribution in [0.2, 0.25) is 0 Å². The summed E-state index contributed by atoms with van der Waals surface area (Å²) in [4.78, 5) is 8.52. The Labute approximate surface area is 157 Å². The predicted molar refractivity (Wildman–Crippen MR) is 106 cm³/mol. The number of hydrogen-bond acceptors (Lipinski definition) is 4. The van der Waals surface area contributed by atoms with Crippen molar-refractivity contribution >= 4 is 23.3 Å². The molecule has 0 aliphatic heterocycles. The first-order chi connectivity index (χ1) is 13.4. The third-order valence-corrected chi connectivity index (χ3v) is 4.26. The number of oxazole rings is 1. The van der Waals surface area contributed by atoms with Crippen LogP contribution in [0, 0.1) is 0 Å². The van der Waals surface area contributed by atoms with Gasteiger partial charge >= 0.3 is 0 Å². The Kier molecular flexibility index (Phi) is 5.29. The van der Waals surface area contributed by atoms with Gasteiger partial charge in [0.2, 0.25) is 5.89 Å². The van der Waals surface area contributed by atoms with Crippen LogP contribution in [0.3, 0.4) is 0 Å². The molecule has 0 unspecified atom stereocenters. The maximum Gasteiger partial charge on any atom is 0.220 e. The lowest BCUT2D eigenvalue weighted by Crippen LogP contribution is -2.01. The summed E-state index contributed by atoms with van der Waals surface area (Å²) < 4.78 is 13.8. The molecule has 0 spiro atoms. The van der Waals surface area contributed by atoms with Gasteiger partial charge in [-0.15, -0.1) is 0 Å². The highest BCUT2D eigenvalue weighted by Crippen LogP contribution is 2.22. The molecule has 0 atom stereocenters. The average molecular weight is 359 g/mol. The van der Waals surface area contributed by atoms with Crippen LogP contribution in [0.4, 0.5) is 0 Å². The minimum Gasteiger partial charge on any atom is -0.493 e. The second-order valence-corrected chi connectivity index (χ2v) is 6.25. The summed E-state index contributed by atoms with van der Waals surface area (Å²) in [5, 5.41) is 0. The molecule has 0 fully saturated rings. The SMILES string of the molecule is C(=Cc1ccccc1OCCCCn1ccnc1)c1nc2ccccc2o1. The van der Waals surface area contributed by atoms with Gasteiger partial charge in [-0.25, -0.2) is 9.97 Å². The van der Waals surface area contributed by atoms with Crippen molar-refractivity contribution in [3.05, 3.63) is 78.7 Å². The fraction of sp³-hybridized carbons (Fsp3) is 0.182. The minimum atomic E-state index is 0.589. The third kappa shape index (κ3) is 4.44. The van der Waals surface area contributed by atoms with Crippen LogP contribution in [0.5, 0.6) is 5.75 Å². The molecule has 5 nitrogen and oxygen atoms in total. The highest BCUT2D eigenvalue weighted by atomic mass is 16.5. The van der Waals surface area contributed by atoms with Gasteiger partial charge in [0.25, 0.3) is 0 Å². The molecule has 2 aromatic heterocycles. The standard InChI is InChI=1S/C22H21N3O2/c1-3-9-20(26-16-6-5-14-25-15-13-23-17-25)18(7-1)11-12-22-24-19-8-2-4-10-21(19)27-22/h1-4,7-13,15,17H,5-6,14,16H2. The monoisotopic (exact) mass is 359 g/mol. The molecule has 27 heavy (non-hydrogen) atoms. The van der Waals surface area contributed by atoms with Crippen molar-refractivity contribution in [3.8, 4) is 5.75 Å². The summed E-state index contributed by atoms with van der Waals surface area (Å²) in [6.07, 6.45) is 11.5. The molecule has 2 heterocycles. The summed E-state index contributed by atoms with van der Waals surface area (Å²) >= 11 is 0. The molecule has 0 saturated heterocycles. The van der Waals surface area contributed by atoms with Crippen molar-refractivity contribution in [2.24, 2.45) is 0 Å². The quantitative estimate of drug-likeness (QED) is 0.413. The first-order valence-electron chi connectivity index (χ1n) is 9.10. The van der Waals surface area contributed by atoms with Gasteiger partial charge in [-0.1, -0.05) is 30.3 Å². The number of rotatable bonds is 8. The van der Waals surface area contributed by atoms with Crippen LogP contribution < -0.4 is 4.74 Å². The lowest BCUT2D eigenvalue weighted by molar-refractivity contribution is 0.302. The molecule has 5 heteroatoms. The van der Waals surface area contributed by atoms with Crippen molar-refractivity contribution in [1.29, 1.82) is 0 Å². The van der Waals surface area contributed by atoms with Crippen molar-refractivity contribution < 1.29 is 9.15 Å². The number of hydrogen-bond donors (Lipinski definition) is 0. The average Bonchev–Trinajstić information content (AvgIpc) is 3.36. The summed E-state index contributed by atoms with van der Waals surface area (Å²) in [5.74, 6) is 1.46. The van der Waals surface area contributed by atoms with E-state index in [9.17, 15) is 0 Å². The van der Waals surface area contributed by atoms with Crippen LogP contribution in [0.25, 0.3) is 23.3 Å². The van der Waals surface area contributed by atoms with Gasteiger partial charge in [0.15, 0.2) is 5.58 Å². The number of nitrogens with zero attached hydrogens (tertiary/aromatic N) is 3. The van der Waals surface area contributed by atoms with Crippen LogP contribution in [0.1, 0.15) is 24.3 Å². The Morgan fingerprint density at radius 3 is 2.78 bits per heavy atom. The van der Waals surface area contributed by atoms with E-state index in [2.05, 4.69) is 14.5 Å². The van der Waals surface area contributed by atoms with Gasteiger partial charge in [-0.3, -0.25) is 0 Å². The Morgan fingerprint density at radius 2 is 1.89 bits per heavy atom. The zero-order valence-electron chi connectivity index (χ0n) is 15.0. The highest BCUT2D eigenvalue weighted by molar-refractivity contribution is 5.76. The number of aromatic nitrogens is 3. The van der Waals surface area contributed by atoms with Gasteiger partial charge in [0, 0.05) is 30.6 Å². The normalized spacial score (nSPS) is 11.4. The molecule has 2 aromatic carbocycles. The summed E-state index contributed by atoms with van der Waals surface area (Å²) in [6, 6.07) is 15.7. The largest absolute Gasteiger partial charge is 0.493 e. The number of ether oxygens (including phenoxy) is 1. The number of fused-ring (bicyclic) bond motifs is 1. The summed E-state index contributed by atoms with van der Waals surface area (Å²) in [7, 11) is 0. The van der Waals surface area contributed by atoms with Crippen molar-refractivity contribution in [2.75, 3.05) is 6.61 Å². The van der Waals surface area contributed by atoms with E-state index in [4.69, 9.17) is 9.15 Å². The van der Waals surface area contributed by atoms with Gasteiger partial charge in [-0.2, -0.15) is 0 Å². The van der Waals surface area contributed by atoms with Crippen molar-refractivity contribution in [2.45, 2.75) is 19.4 Å². The van der Waals surface area contributed by atoms with E-state index in [1.807, 2.05) is 73.2 Å². The first-order valence-corrected chi connectivity index (χ1v) is 9.10. The van der Waals surface area contributed by atoms with Crippen molar-refractivity contribution in [1.82, 2.24) is 14.5 Å². The lowest BCUT2D eigenvalue weighted by Gasteiger charge is -2.09. The van der Waals surface area contributed by atoms with Gasteiger partial charge in [0.05, 0.1) is 12.9 Å². The fourth-order valence-electron chi connectivity index (χ4n) is 2.87. The summed E-state index contributed by atoms with van der Waals surface area (Å²) in [5.41, 5.74) is 2.66. The second-order valence-electron chi connectivity index (χ2n) is 6.25. The van der Waals surface area contributed by atoms with Gasteiger partial charge in [-0.05, 0) is 37.1 Å². The second kappa shape index (κ2) is 8.36. The van der Waals surface area contributed by atoms with E-state index in [-0.39, 0.29) is 0 Å². The zero-order valence-corrected chi connectivity index (χ0v) is 15.0. The number of benzene rings is 2. The predicted octanol–water partition coefficient (Wildman–Crippen LogP) is 5.05. The maximum absolute atomic E-state index is 5.98. The Bertz CT molecular complexity index is 986. The molecule has 0 N–H and O–H groups in total. The Morgan fingerprint density at radius 1 is 1.00 bits per heavy atom. The van der Waals surface area contributed by atoms with Gasteiger partial charge < -0.3 is 13.7 Å². The van der Waals surface area contributed by atoms with E-state index >= 15 is 0 Å². The number of para-hydroxylation sites is 3. The molecule has 4 aromatic rings. The molecule has 0 aliphatic carbocycles. The van der Waals surface area contributed by atoms with E-state index < -0.39 is 0 Å². The van der Waals surface area contributed by atoms with Crippen LogP contribution in [-0.2, 0) is 6.54 Å². The highest BCUT2D eigenvalue weighted by Gasteiger charge is 2.03. The van der Waals surface area contributed by atoms with E-state index in [0.29, 0.717) is 12.5 Å². The Balaban J connectivity index is 1.35. The topological polar surface area (TPSA) is 53.1 Å². The zero-order chi connectivity index (χ0) is 18.3. The smallest absolute Gasteiger partial charge is 0.220 e. The van der Waals surface area contributed by atoms with Crippen molar-refractivity contribution in [3.63, 3.8) is 0 Å². The van der Waals surface area contributed by atoms with Crippen LogP contribution in [-0.4, -0.2) is 21.1 Å². The Hall–Kier alpha value is -3.34. The molecule has 136 valence electrons. The number of unbranched alkanes of at least 4 members (excludes halogenated alkanes) is 1. The molecule has 0 amide bonds. The maximum atomic E-state index is 5.98. The molecular weight excluding hydrogens is 338 g/mol. The van der Waals surface area contributed by atoms with E-state index in [0.717, 1.165) is 41.8 Å². The van der Waals surface area contributed by atoms with E-state index in [1.165, 1.54) is 0 Å². The van der Waals surface area contributed by atoms with Gasteiger partial charge in [0.1, 0.15) is 11.3 Å². The molecular formula is C22H21N3O2. The molecule has 0 bridgehead atoms.